The molecule has 0 atom stereocenters. The van der Waals surface area contributed by atoms with Crippen molar-refractivity contribution in [2.75, 3.05) is 4.90 Å². The molecule has 0 amide bonds. The third-order valence-electron chi connectivity index (χ3n) is 11.0. The first kappa shape index (κ1) is 29.8. The molecular weight excluding hydrogens is 681 g/mol. The molecule has 54 heavy (non-hydrogen) atoms. The van der Waals surface area contributed by atoms with Crippen LogP contribution in [0.1, 0.15) is 0 Å². The summed E-state index contributed by atoms with van der Waals surface area (Å²) in [7, 11) is 0. The van der Waals surface area contributed by atoms with Crippen LogP contribution in [0.5, 0.6) is 23.0 Å². The van der Waals surface area contributed by atoms with E-state index in [4.69, 9.17) is 13.9 Å². The van der Waals surface area contributed by atoms with Crippen molar-refractivity contribution in [2.45, 2.75) is 0 Å². The molecule has 0 saturated heterocycles. The van der Waals surface area contributed by atoms with E-state index in [1.54, 1.807) is 0 Å². The normalized spacial score (nSPS) is 12.7. The topological polar surface area (TPSA) is 34.8 Å². The zero-order valence-electron chi connectivity index (χ0n) is 28.8. The molecule has 2 aromatic heterocycles. The molecule has 12 rings (SSSR count). The summed E-state index contributed by atoms with van der Waals surface area (Å²) in [5.41, 5.74) is 10.1. The van der Waals surface area contributed by atoms with Gasteiger partial charge < -0.3 is 18.8 Å². The van der Waals surface area contributed by atoms with Crippen molar-refractivity contribution in [1.29, 1.82) is 0 Å². The van der Waals surface area contributed by atoms with E-state index in [1.807, 2.05) is 35.6 Å². The maximum absolute atomic E-state index is 6.87. The van der Waals surface area contributed by atoms with Gasteiger partial charge in [0.05, 0.1) is 17.1 Å². The summed E-state index contributed by atoms with van der Waals surface area (Å²) in [5.74, 6) is 3.28. The van der Waals surface area contributed by atoms with Gasteiger partial charge in [-0.05, 0) is 52.9 Å². The van der Waals surface area contributed by atoms with Gasteiger partial charge >= 0.3 is 0 Å². The van der Waals surface area contributed by atoms with Crippen molar-refractivity contribution >= 4 is 93.6 Å². The molecule has 0 unspecified atom stereocenters. The number of thiophene rings is 1. The van der Waals surface area contributed by atoms with Crippen LogP contribution in [0.25, 0.3) is 53.2 Å². The third kappa shape index (κ3) is 4.26. The average molecular weight is 710 g/mol. The zero-order chi connectivity index (χ0) is 35.3. The highest BCUT2D eigenvalue weighted by molar-refractivity contribution is 7.26. The van der Waals surface area contributed by atoms with Crippen LogP contribution in [0.4, 0.5) is 17.1 Å². The van der Waals surface area contributed by atoms with Crippen LogP contribution >= 0.6 is 11.3 Å². The molecule has 0 spiro atoms. The number of benzene rings is 8. The largest absolute Gasteiger partial charge is 0.458 e. The Morgan fingerprint density at radius 1 is 0.500 bits per heavy atom. The Labute approximate surface area is 315 Å². The second kappa shape index (κ2) is 11.4. The molecule has 0 aliphatic carbocycles. The predicted molar refractivity (Wildman–Crippen MR) is 224 cm³/mol. The van der Waals surface area contributed by atoms with Crippen LogP contribution in [0, 0.1) is 0 Å². The van der Waals surface area contributed by atoms with Gasteiger partial charge in [-0.15, -0.1) is 11.3 Å². The van der Waals surface area contributed by atoms with E-state index in [-0.39, 0.29) is 6.71 Å². The van der Waals surface area contributed by atoms with Gasteiger partial charge in [-0.3, -0.25) is 0 Å². The molecule has 0 bridgehead atoms. The summed E-state index contributed by atoms with van der Waals surface area (Å²) in [5, 5.41) is 4.54. The van der Waals surface area contributed by atoms with Crippen molar-refractivity contribution in [3.05, 3.63) is 170 Å². The lowest BCUT2D eigenvalue weighted by molar-refractivity contribution is 0.465. The number of hydrogen-bond acceptors (Lipinski definition) is 5. The van der Waals surface area contributed by atoms with E-state index < -0.39 is 0 Å². The van der Waals surface area contributed by atoms with E-state index in [0.29, 0.717) is 0 Å². The fraction of sp³-hybridized carbons (Fsp3) is 0. The molecule has 4 heterocycles. The molecule has 0 fully saturated rings. The molecule has 2 aliphatic heterocycles. The third-order valence-corrected chi connectivity index (χ3v) is 12.1. The molecule has 10 aromatic rings. The van der Waals surface area contributed by atoms with Gasteiger partial charge in [-0.1, -0.05) is 121 Å². The lowest BCUT2D eigenvalue weighted by Crippen LogP contribution is -2.57. The Morgan fingerprint density at radius 2 is 1.15 bits per heavy atom. The summed E-state index contributed by atoms with van der Waals surface area (Å²) in [4.78, 5) is 2.38. The second-order valence-electron chi connectivity index (χ2n) is 14.0. The van der Waals surface area contributed by atoms with Crippen LogP contribution in [0.2, 0.25) is 0 Å². The fourth-order valence-electron chi connectivity index (χ4n) is 8.69. The number of rotatable bonds is 4. The SMILES string of the molecule is c1ccc(-c2ccc3sc4ccccc4c3c2N(c2cc3c4c(c2)Oc2ccccc2B4c2ccccc2O3)c2cccc3c2oc2ccccc23)cc1. The molecule has 0 saturated carbocycles. The minimum Gasteiger partial charge on any atom is -0.458 e. The Bertz CT molecular complexity index is 3080. The zero-order valence-corrected chi connectivity index (χ0v) is 29.6. The predicted octanol–water partition coefficient (Wildman–Crippen LogP) is 11.8. The fourth-order valence-corrected chi connectivity index (χ4v) is 9.80. The van der Waals surface area contributed by atoms with Crippen molar-refractivity contribution in [3.8, 4) is 34.1 Å². The average Bonchev–Trinajstić information content (AvgIpc) is 3.80. The smallest absolute Gasteiger partial charge is 0.260 e. The van der Waals surface area contributed by atoms with Gasteiger partial charge in [0, 0.05) is 54.1 Å². The lowest BCUT2D eigenvalue weighted by Gasteiger charge is -2.35. The van der Waals surface area contributed by atoms with Gasteiger partial charge in [0.25, 0.3) is 6.71 Å². The first-order valence-corrected chi connectivity index (χ1v) is 19.0. The summed E-state index contributed by atoms with van der Waals surface area (Å²) >= 11 is 1.82. The minimum absolute atomic E-state index is 0.0182. The monoisotopic (exact) mass is 709 g/mol. The first-order chi connectivity index (χ1) is 26.8. The molecule has 4 nitrogen and oxygen atoms in total. The quantitative estimate of drug-likeness (QED) is 0.170. The number of nitrogens with zero attached hydrogens (tertiary/aromatic N) is 1. The first-order valence-electron chi connectivity index (χ1n) is 18.2. The van der Waals surface area contributed by atoms with Crippen LogP contribution < -0.4 is 30.8 Å². The summed E-state index contributed by atoms with van der Waals surface area (Å²) < 4.78 is 23.0. The number of furan rings is 1. The molecular formula is C48H28BNO3S. The molecule has 0 N–H and O–H groups in total. The van der Waals surface area contributed by atoms with Gasteiger partial charge in [0.1, 0.15) is 28.6 Å². The van der Waals surface area contributed by atoms with Crippen molar-refractivity contribution in [3.63, 3.8) is 0 Å². The number of para-hydroxylation sites is 4. The number of anilines is 3. The molecule has 2 aliphatic rings. The second-order valence-corrected chi connectivity index (χ2v) is 15.0. The Kier molecular flexibility index (Phi) is 6.27. The summed E-state index contributed by atoms with van der Waals surface area (Å²) in [6.07, 6.45) is 0. The van der Waals surface area contributed by atoms with Crippen LogP contribution in [0.15, 0.2) is 174 Å². The van der Waals surface area contributed by atoms with Crippen molar-refractivity contribution in [2.24, 2.45) is 0 Å². The summed E-state index contributed by atoms with van der Waals surface area (Å²) in [6.45, 7) is -0.0182. The molecule has 6 heteroatoms. The highest BCUT2D eigenvalue weighted by Gasteiger charge is 2.41. The van der Waals surface area contributed by atoms with E-state index in [9.17, 15) is 0 Å². The van der Waals surface area contributed by atoms with Crippen molar-refractivity contribution in [1.82, 2.24) is 0 Å². The van der Waals surface area contributed by atoms with E-state index >= 15 is 0 Å². The molecule has 252 valence electrons. The highest BCUT2D eigenvalue weighted by Crippen LogP contribution is 2.52. The minimum atomic E-state index is -0.0182. The summed E-state index contributed by atoms with van der Waals surface area (Å²) in [6, 6.07) is 59.8. The Morgan fingerprint density at radius 3 is 1.93 bits per heavy atom. The number of hydrogen-bond donors (Lipinski definition) is 0. The maximum atomic E-state index is 6.87. The Balaban J connectivity index is 1.22. The number of ether oxygens (including phenoxy) is 2. The standard InChI is InChI=1S/C48H28BNO3S/c1-2-13-29(14-3-1)31-25-26-44-45(34-16-5-11-24-43(34)54-44)47(31)50(37-20-12-17-33-32-15-4-8-21-38(32)53-48(33)37)30-27-41-46-42(28-30)52-40-23-10-7-19-36(40)49(46)35-18-6-9-22-39(35)51-41/h1-28H. The van der Waals surface area contributed by atoms with E-state index in [0.717, 1.165) is 89.5 Å². The molecule has 0 radical (unpaired) electrons. The van der Waals surface area contributed by atoms with Gasteiger partial charge in [0.2, 0.25) is 0 Å². The number of fused-ring (bicyclic) bond motifs is 10. The Hall–Kier alpha value is -6.76. The van der Waals surface area contributed by atoms with Gasteiger partial charge in [-0.2, -0.15) is 0 Å². The van der Waals surface area contributed by atoms with Crippen molar-refractivity contribution < 1.29 is 13.9 Å². The highest BCUT2D eigenvalue weighted by atomic mass is 32.1. The lowest BCUT2D eigenvalue weighted by atomic mass is 9.35. The van der Waals surface area contributed by atoms with Crippen LogP contribution in [-0.4, -0.2) is 6.71 Å². The maximum Gasteiger partial charge on any atom is 0.260 e. The van der Waals surface area contributed by atoms with Gasteiger partial charge in [-0.25, -0.2) is 0 Å². The van der Waals surface area contributed by atoms with E-state index in [2.05, 4.69) is 150 Å². The van der Waals surface area contributed by atoms with Crippen LogP contribution in [-0.2, 0) is 0 Å². The van der Waals surface area contributed by atoms with E-state index in [1.165, 1.54) is 20.2 Å². The molecule has 8 aromatic carbocycles. The van der Waals surface area contributed by atoms with Crippen LogP contribution in [0.3, 0.4) is 0 Å². The van der Waals surface area contributed by atoms with Gasteiger partial charge in [0.15, 0.2) is 5.58 Å².